The first-order valence-corrected chi connectivity index (χ1v) is 8.97. The van der Waals surface area contributed by atoms with Gasteiger partial charge in [0, 0.05) is 18.1 Å². The molecule has 1 aliphatic rings. The van der Waals surface area contributed by atoms with Crippen LogP contribution >= 0.6 is 0 Å². The second kappa shape index (κ2) is 6.11. The average molecular weight is 338 g/mol. The van der Waals surface area contributed by atoms with Crippen molar-refractivity contribution in [3.8, 4) is 11.3 Å². The van der Waals surface area contributed by atoms with Crippen LogP contribution < -0.4 is 5.32 Å². The van der Waals surface area contributed by atoms with Crippen LogP contribution in [-0.4, -0.2) is 31.0 Å². The summed E-state index contributed by atoms with van der Waals surface area (Å²) in [4.78, 5) is 11.9. The Kier molecular flexibility index (Phi) is 4.16. The van der Waals surface area contributed by atoms with E-state index in [0.717, 1.165) is 0 Å². The Labute approximate surface area is 132 Å². The summed E-state index contributed by atoms with van der Waals surface area (Å²) in [7, 11) is -3.01. The molecule has 2 aromatic rings. The molecule has 0 saturated carbocycles. The van der Waals surface area contributed by atoms with Crippen molar-refractivity contribution in [2.24, 2.45) is 5.92 Å². The van der Waals surface area contributed by atoms with E-state index in [-0.39, 0.29) is 46.9 Å². The minimum atomic E-state index is -3.01. The van der Waals surface area contributed by atoms with E-state index in [2.05, 4.69) is 10.5 Å². The summed E-state index contributed by atoms with van der Waals surface area (Å²) < 4.78 is 41.4. The monoisotopic (exact) mass is 338 g/mol. The van der Waals surface area contributed by atoms with Crippen molar-refractivity contribution >= 4 is 21.6 Å². The fourth-order valence-electron chi connectivity index (χ4n) is 2.61. The lowest BCUT2D eigenvalue weighted by molar-refractivity contribution is -0.117. The largest absolute Gasteiger partial charge is 0.338 e. The number of benzene rings is 1. The fourth-order valence-corrected chi connectivity index (χ4v) is 4.48. The van der Waals surface area contributed by atoms with Gasteiger partial charge in [-0.15, -0.1) is 0 Å². The van der Waals surface area contributed by atoms with E-state index in [0.29, 0.717) is 6.42 Å². The number of carbonyl (C=O) groups excluding carboxylic acids is 1. The number of amides is 1. The molecule has 1 saturated heterocycles. The summed E-state index contributed by atoms with van der Waals surface area (Å²) in [6.45, 7) is 0. The molecular weight excluding hydrogens is 323 g/mol. The van der Waals surface area contributed by atoms with Crippen LogP contribution in [0.1, 0.15) is 12.8 Å². The summed E-state index contributed by atoms with van der Waals surface area (Å²) >= 11 is 0. The van der Waals surface area contributed by atoms with Crippen LogP contribution in [0.15, 0.2) is 34.9 Å². The van der Waals surface area contributed by atoms with Crippen molar-refractivity contribution in [3.63, 3.8) is 0 Å². The highest BCUT2D eigenvalue weighted by Crippen LogP contribution is 2.25. The molecule has 6 nitrogen and oxygen atoms in total. The highest BCUT2D eigenvalue weighted by atomic mass is 32.2. The number of sulfone groups is 1. The molecule has 1 atom stereocenters. The van der Waals surface area contributed by atoms with Gasteiger partial charge in [-0.05, 0) is 24.5 Å². The number of aromatic nitrogens is 1. The van der Waals surface area contributed by atoms with E-state index >= 15 is 0 Å². The van der Waals surface area contributed by atoms with E-state index in [1.165, 1.54) is 12.1 Å². The molecule has 1 fully saturated rings. The van der Waals surface area contributed by atoms with Crippen LogP contribution in [0.25, 0.3) is 11.3 Å². The summed E-state index contributed by atoms with van der Waals surface area (Å²) in [6.07, 6.45) is 0.599. The molecule has 1 aromatic heterocycles. The smallest absolute Gasteiger partial charge is 0.231 e. The number of rotatable bonds is 4. The molecule has 23 heavy (non-hydrogen) atoms. The molecule has 1 amide bonds. The number of halogens is 1. The Balaban J connectivity index is 1.63. The molecule has 0 unspecified atom stereocenters. The third kappa shape index (κ3) is 3.76. The van der Waals surface area contributed by atoms with Gasteiger partial charge in [0.15, 0.2) is 9.84 Å². The van der Waals surface area contributed by atoms with Crippen molar-refractivity contribution in [1.82, 2.24) is 5.16 Å². The van der Waals surface area contributed by atoms with Gasteiger partial charge < -0.3 is 4.52 Å². The zero-order valence-electron chi connectivity index (χ0n) is 12.2. The van der Waals surface area contributed by atoms with Gasteiger partial charge in [0.2, 0.25) is 11.8 Å². The second-order valence-corrected chi connectivity index (χ2v) is 7.81. The maximum Gasteiger partial charge on any atom is 0.231 e. The van der Waals surface area contributed by atoms with Gasteiger partial charge in [0.1, 0.15) is 11.5 Å². The Morgan fingerprint density at radius 3 is 2.87 bits per heavy atom. The van der Waals surface area contributed by atoms with Gasteiger partial charge >= 0.3 is 0 Å². The molecule has 1 aliphatic heterocycles. The molecule has 1 N–H and O–H groups in total. The Morgan fingerprint density at radius 2 is 2.17 bits per heavy atom. The third-order valence-corrected chi connectivity index (χ3v) is 5.56. The van der Waals surface area contributed by atoms with E-state index in [9.17, 15) is 17.6 Å². The second-order valence-electron chi connectivity index (χ2n) is 5.58. The Bertz CT molecular complexity index is 832. The highest BCUT2D eigenvalue weighted by Gasteiger charge is 2.29. The van der Waals surface area contributed by atoms with E-state index in [4.69, 9.17) is 4.52 Å². The van der Waals surface area contributed by atoms with Crippen LogP contribution in [0.5, 0.6) is 0 Å². The number of nitrogens with one attached hydrogen (secondary N) is 1. The summed E-state index contributed by atoms with van der Waals surface area (Å²) in [5.41, 5.74) is 0.556. The van der Waals surface area contributed by atoms with Crippen molar-refractivity contribution in [3.05, 3.63) is 36.1 Å². The Hall–Kier alpha value is -2.22. The van der Waals surface area contributed by atoms with E-state index < -0.39 is 15.7 Å². The number of hydrogen-bond acceptors (Lipinski definition) is 5. The molecule has 8 heteroatoms. The minimum absolute atomic E-state index is 0.0390. The van der Waals surface area contributed by atoms with Crippen LogP contribution in [-0.2, 0) is 14.6 Å². The van der Waals surface area contributed by atoms with E-state index in [1.807, 2.05) is 0 Å². The summed E-state index contributed by atoms with van der Waals surface area (Å²) in [5.74, 6) is -0.677. The van der Waals surface area contributed by atoms with Gasteiger partial charge in [-0.1, -0.05) is 17.3 Å². The lowest BCUT2D eigenvalue weighted by Gasteiger charge is -2.05. The van der Waals surface area contributed by atoms with Gasteiger partial charge in [-0.2, -0.15) is 0 Å². The number of hydrogen-bond donors (Lipinski definition) is 1. The minimum Gasteiger partial charge on any atom is -0.338 e. The predicted molar refractivity (Wildman–Crippen MR) is 81.9 cm³/mol. The van der Waals surface area contributed by atoms with Crippen molar-refractivity contribution in [2.75, 3.05) is 16.8 Å². The number of carbonyl (C=O) groups is 1. The van der Waals surface area contributed by atoms with Gasteiger partial charge in [0.25, 0.3) is 0 Å². The summed E-state index contributed by atoms with van der Waals surface area (Å²) in [5, 5.41) is 6.25. The Morgan fingerprint density at radius 1 is 1.39 bits per heavy atom. The average Bonchev–Trinajstić information content (AvgIpc) is 3.06. The van der Waals surface area contributed by atoms with Crippen molar-refractivity contribution in [1.29, 1.82) is 0 Å². The molecular formula is C15H15FN2O4S. The standard InChI is InChI=1S/C15H15FN2O4S/c16-12-4-2-1-3-11(12)13-8-15(22-18-13)17-14(19)7-10-5-6-23(20,21)9-10/h1-4,8,10H,5-7,9H2,(H,17,19)/t10-/m1/s1. The van der Waals surface area contributed by atoms with Crippen LogP contribution in [0, 0.1) is 11.7 Å². The van der Waals surface area contributed by atoms with Crippen LogP contribution in [0.4, 0.5) is 10.3 Å². The van der Waals surface area contributed by atoms with Crippen molar-refractivity contribution < 1.29 is 22.1 Å². The predicted octanol–water partition coefficient (Wildman–Crippen LogP) is 2.24. The van der Waals surface area contributed by atoms with Gasteiger partial charge in [-0.25, -0.2) is 12.8 Å². The quantitative estimate of drug-likeness (QED) is 0.923. The van der Waals surface area contributed by atoms with Gasteiger partial charge in [0.05, 0.1) is 11.5 Å². The lowest BCUT2D eigenvalue weighted by atomic mass is 10.1. The van der Waals surface area contributed by atoms with Crippen molar-refractivity contribution in [2.45, 2.75) is 12.8 Å². The molecule has 122 valence electrons. The first-order valence-electron chi connectivity index (χ1n) is 7.15. The highest BCUT2D eigenvalue weighted by molar-refractivity contribution is 7.91. The topological polar surface area (TPSA) is 89.3 Å². The van der Waals surface area contributed by atoms with Gasteiger partial charge in [-0.3, -0.25) is 10.1 Å². The molecule has 1 aromatic carbocycles. The third-order valence-electron chi connectivity index (χ3n) is 3.72. The maximum absolute atomic E-state index is 13.7. The molecule has 0 spiro atoms. The van der Waals surface area contributed by atoms with Crippen LogP contribution in [0.2, 0.25) is 0 Å². The number of nitrogens with zero attached hydrogens (tertiary/aromatic N) is 1. The summed E-state index contributed by atoms with van der Waals surface area (Å²) in [6, 6.07) is 7.54. The lowest BCUT2D eigenvalue weighted by Crippen LogP contribution is -2.17. The molecule has 0 radical (unpaired) electrons. The normalized spacial score (nSPS) is 19.6. The SMILES string of the molecule is O=C(C[C@H]1CCS(=O)(=O)C1)Nc1cc(-c2ccccc2F)no1. The first-order chi connectivity index (χ1) is 10.9. The maximum atomic E-state index is 13.7. The zero-order valence-corrected chi connectivity index (χ0v) is 13.0. The van der Waals surface area contributed by atoms with E-state index in [1.54, 1.807) is 18.2 Å². The molecule has 3 rings (SSSR count). The fraction of sp³-hybridized carbons (Fsp3) is 0.333. The number of anilines is 1. The zero-order chi connectivity index (χ0) is 16.4. The van der Waals surface area contributed by atoms with Crippen LogP contribution in [0.3, 0.4) is 0 Å². The molecule has 0 aliphatic carbocycles. The first kappa shape index (κ1) is 15.7. The molecule has 2 heterocycles. The molecule has 0 bridgehead atoms.